The quantitative estimate of drug-likeness (QED) is 0.565. The van der Waals surface area contributed by atoms with Crippen LogP contribution >= 0.6 is 0 Å². The van der Waals surface area contributed by atoms with Crippen molar-refractivity contribution in [2.45, 2.75) is 6.42 Å². The van der Waals surface area contributed by atoms with Gasteiger partial charge >= 0.3 is 0 Å². The average molecular weight is 400 g/mol. The molecule has 0 atom stereocenters. The van der Waals surface area contributed by atoms with Gasteiger partial charge in [-0.1, -0.05) is 6.07 Å². The number of anilines is 2. The van der Waals surface area contributed by atoms with Crippen LogP contribution in [0, 0.1) is 0 Å². The van der Waals surface area contributed by atoms with Gasteiger partial charge in [-0.25, -0.2) is 14.5 Å². The highest BCUT2D eigenvalue weighted by Gasteiger charge is 2.19. The summed E-state index contributed by atoms with van der Waals surface area (Å²) >= 11 is 0. The van der Waals surface area contributed by atoms with E-state index in [-0.39, 0.29) is 0 Å². The predicted octanol–water partition coefficient (Wildman–Crippen LogP) is 2.58. The van der Waals surface area contributed by atoms with Crippen LogP contribution in [0.2, 0.25) is 0 Å². The molecular formula is C22H24N8. The zero-order chi connectivity index (χ0) is 20.5. The second-order valence-corrected chi connectivity index (χ2v) is 7.60. The predicted molar refractivity (Wildman–Crippen MR) is 118 cm³/mol. The van der Waals surface area contributed by atoms with E-state index >= 15 is 0 Å². The molecule has 1 saturated heterocycles. The fraction of sp³-hybridized carbons (Fsp3) is 0.273. The van der Waals surface area contributed by atoms with Gasteiger partial charge in [0.15, 0.2) is 11.5 Å². The lowest BCUT2D eigenvalue weighted by atomic mass is 10.1. The lowest BCUT2D eigenvalue weighted by Crippen LogP contribution is -2.29. The van der Waals surface area contributed by atoms with Crippen LogP contribution in [0.4, 0.5) is 11.6 Å². The Labute approximate surface area is 175 Å². The van der Waals surface area contributed by atoms with Gasteiger partial charge in [-0.3, -0.25) is 4.98 Å². The Kier molecular flexibility index (Phi) is 4.76. The first-order valence-electron chi connectivity index (χ1n) is 10.1. The summed E-state index contributed by atoms with van der Waals surface area (Å²) in [4.78, 5) is 18.5. The molecule has 4 aromatic heterocycles. The zero-order valence-electron chi connectivity index (χ0n) is 16.9. The van der Waals surface area contributed by atoms with Crippen molar-refractivity contribution in [3.63, 3.8) is 0 Å². The number of nitrogens with zero attached hydrogens (tertiary/aromatic N) is 7. The molecule has 0 amide bonds. The summed E-state index contributed by atoms with van der Waals surface area (Å²) < 4.78 is 1.74. The summed E-state index contributed by atoms with van der Waals surface area (Å²) in [6.07, 6.45) is 8.55. The highest BCUT2D eigenvalue weighted by molar-refractivity contribution is 5.85. The summed E-state index contributed by atoms with van der Waals surface area (Å²) in [6, 6.07) is 9.77. The van der Waals surface area contributed by atoms with Crippen molar-refractivity contribution in [1.82, 2.24) is 29.5 Å². The topological polar surface area (TPSA) is 88.5 Å². The van der Waals surface area contributed by atoms with Crippen molar-refractivity contribution < 1.29 is 0 Å². The molecule has 8 heteroatoms. The normalized spacial score (nSPS) is 15.4. The Morgan fingerprint density at radius 3 is 2.70 bits per heavy atom. The molecule has 1 aliphatic rings. The molecule has 0 bridgehead atoms. The minimum absolute atomic E-state index is 0.417. The molecule has 5 rings (SSSR count). The molecule has 2 N–H and O–H groups in total. The lowest BCUT2D eigenvalue weighted by Gasteiger charge is -2.24. The minimum atomic E-state index is 0.417. The first kappa shape index (κ1) is 18.5. The maximum Gasteiger partial charge on any atom is 0.166 e. The number of aromatic nitrogens is 5. The van der Waals surface area contributed by atoms with Crippen molar-refractivity contribution in [2.24, 2.45) is 0 Å². The van der Waals surface area contributed by atoms with E-state index in [1.165, 1.54) is 0 Å². The molecule has 0 aliphatic carbocycles. The van der Waals surface area contributed by atoms with E-state index in [1.807, 2.05) is 42.9 Å². The maximum absolute atomic E-state index is 6.21. The second kappa shape index (κ2) is 7.72. The third-order valence-electron chi connectivity index (χ3n) is 5.54. The van der Waals surface area contributed by atoms with Crippen molar-refractivity contribution >= 4 is 17.3 Å². The van der Waals surface area contributed by atoms with Crippen LogP contribution in [0.5, 0.6) is 0 Å². The Hall–Kier alpha value is -3.52. The van der Waals surface area contributed by atoms with E-state index < -0.39 is 0 Å². The molecule has 0 radical (unpaired) electrons. The summed E-state index contributed by atoms with van der Waals surface area (Å²) in [5.41, 5.74) is 10.4. The largest absolute Gasteiger partial charge is 0.382 e. The minimum Gasteiger partial charge on any atom is -0.382 e. The standard InChI is InChI=1S/C22H24N8/c1-28-10-5-11-29(13-12-28)21-17(6-4-9-25-21)16-14-26-22-19(18-7-2-3-8-24-18)20(23)27-30(22)15-16/h2-4,6-9,14-15H,5,10-13H2,1H3,(H2,23,27). The van der Waals surface area contributed by atoms with Crippen LogP contribution in [0.3, 0.4) is 0 Å². The maximum atomic E-state index is 6.21. The molecule has 0 saturated carbocycles. The highest BCUT2D eigenvalue weighted by atomic mass is 15.3. The van der Waals surface area contributed by atoms with Crippen LogP contribution < -0.4 is 10.6 Å². The molecule has 1 aliphatic heterocycles. The average Bonchev–Trinajstić information content (AvgIpc) is 2.95. The molecule has 0 aromatic carbocycles. The molecule has 1 fully saturated rings. The highest BCUT2D eigenvalue weighted by Crippen LogP contribution is 2.32. The van der Waals surface area contributed by atoms with E-state index in [0.717, 1.165) is 60.8 Å². The van der Waals surface area contributed by atoms with Crippen molar-refractivity contribution in [3.8, 4) is 22.4 Å². The van der Waals surface area contributed by atoms with E-state index in [1.54, 1.807) is 10.7 Å². The van der Waals surface area contributed by atoms with Crippen LogP contribution in [0.25, 0.3) is 28.0 Å². The van der Waals surface area contributed by atoms with Gasteiger partial charge in [0.25, 0.3) is 0 Å². The smallest absolute Gasteiger partial charge is 0.166 e. The monoisotopic (exact) mass is 400 g/mol. The SMILES string of the molecule is CN1CCCN(c2ncccc2-c2cnc3c(-c4ccccn4)c(N)nn3c2)CC1. The Morgan fingerprint density at radius 2 is 1.83 bits per heavy atom. The zero-order valence-corrected chi connectivity index (χ0v) is 16.9. The number of hydrogen-bond acceptors (Lipinski definition) is 7. The molecule has 4 aromatic rings. The van der Waals surface area contributed by atoms with Gasteiger partial charge in [0.1, 0.15) is 5.82 Å². The van der Waals surface area contributed by atoms with Gasteiger partial charge in [0, 0.05) is 55.5 Å². The number of nitrogens with two attached hydrogens (primary N) is 1. The van der Waals surface area contributed by atoms with Gasteiger partial charge in [-0.15, -0.1) is 5.10 Å². The Bertz CT molecular complexity index is 1170. The number of rotatable bonds is 3. The van der Waals surface area contributed by atoms with Gasteiger partial charge in [-0.2, -0.15) is 0 Å². The number of fused-ring (bicyclic) bond motifs is 1. The number of hydrogen-bond donors (Lipinski definition) is 1. The van der Waals surface area contributed by atoms with Gasteiger partial charge in [0.05, 0.1) is 11.3 Å². The fourth-order valence-corrected chi connectivity index (χ4v) is 3.98. The summed E-state index contributed by atoms with van der Waals surface area (Å²) in [5, 5.41) is 4.49. The van der Waals surface area contributed by atoms with Gasteiger partial charge in [-0.05, 0) is 44.3 Å². The fourth-order valence-electron chi connectivity index (χ4n) is 3.98. The summed E-state index contributed by atoms with van der Waals surface area (Å²) in [5.74, 6) is 1.40. The van der Waals surface area contributed by atoms with Crippen molar-refractivity contribution in [1.29, 1.82) is 0 Å². The van der Waals surface area contributed by atoms with Crippen LogP contribution in [-0.2, 0) is 0 Å². The Balaban J connectivity index is 1.57. The van der Waals surface area contributed by atoms with Crippen molar-refractivity contribution in [2.75, 3.05) is 43.9 Å². The first-order chi connectivity index (χ1) is 14.7. The lowest BCUT2D eigenvalue weighted by molar-refractivity contribution is 0.360. The third kappa shape index (κ3) is 3.35. The van der Waals surface area contributed by atoms with Gasteiger partial charge in [0.2, 0.25) is 0 Å². The molecule has 5 heterocycles. The molecule has 30 heavy (non-hydrogen) atoms. The van der Waals surface area contributed by atoms with E-state index in [2.05, 4.69) is 33.0 Å². The van der Waals surface area contributed by atoms with Crippen LogP contribution in [-0.4, -0.2) is 62.7 Å². The van der Waals surface area contributed by atoms with Gasteiger partial charge < -0.3 is 15.5 Å². The molecule has 0 spiro atoms. The number of nitrogen functional groups attached to an aromatic ring is 1. The summed E-state index contributed by atoms with van der Waals surface area (Å²) in [6.45, 7) is 4.07. The number of pyridine rings is 2. The van der Waals surface area contributed by atoms with Crippen LogP contribution in [0.15, 0.2) is 55.1 Å². The molecule has 0 unspecified atom stereocenters. The Morgan fingerprint density at radius 1 is 0.933 bits per heavy atom. The van der Waals surface area contributed by atoms with Crippen molar-refractivity contribution in [3.05, 3.63) is 55.1 Å². The third-order valence-corrected chi connectivity index (χ3v) is 5.54. The second-order valence-electron chi connectivity index (χ2n) is 7.60. The number of likely N-dealkylation sites (N-methyl/N-ethyl adjacent to an activating group) is 1. The summed E-state index contributed by atoms with van der Waals surface area (Å²) in [7, 11) is 2.17. The first-order valence-corrected chi connectivity index (χ1v) is 10.1. The van der Waals surface area contributed by atoms with Crippen LogP contribution in [0.1, 0.15) is 6.42 Å². The molecule has 152 valence electrons. The molecule has 8 nitrogen and oxygen atoms in total. The van der Waals surface area contributed by atoms with E-state index in [9.17, 15) is 0 Å². The van der Waals surface area contributed by atoms with E-state index in [0.29, 0.717) is 11.5 Å². The molecular weight excluding hydrogens is 376 g/mol. The van der Waals surface area contributed by atoms with E-state index in [4.69, 9.17) is 15.7 Å².